The highest BCUT2D eigenvalue weighted by molar-refractivity contribution is 6.31. The third-order valence-corrected chi connectivity index (χ3v) is 6.32. The van der Waals surface area contributed by atoms with E-state index in [2.05, 4.69) is 15.4 Å². The van der Waals surface area contributed by atoms with E-state index in [4.69, 9.17) is 32.9 Å². The molecule has 1 amide bonds. The number of hydrogen-bond donors (Lipinski definition) is 1. The van der Waals surface area contributed by atoms with Crippen molar-refractivity contribution in [1.82, 2.24) is 30.0 Å². The van der Waals surface area contributed by atoms with E-state index in [-0.39, 0.29) is 11.6 Å². The molecule has 36 heavy (non-hydrogen) atoms. The van der Waals surface area contributed by atoms with E-state index in [1.54, 1.807) is 48.5 Å². The fourth-order valence-electron chi connectivity index (χ4n) is 3.91. The molecule has 4 aromatic rings. The maximum absolute atomic E-state index is 13.7. The van der Waals surface area contributed by atoms with Crippen LogP contribution in [0.5, 0.6) is 5.75 Å². The van der Waals surface area contributed by atoms with Crippen LogP contribution in [-0.4, -0.2) is 57.8 Å². The second kappa shape index (κ2) is 11.2. The number of fused-ring (bicyclic) bond motifs is 1. The van der Waals surface area contributed by atoms with Gasteiger partial charge in [-0.05, 0) is 57.3 Å². The van der Waals surface area contributed by atoms with Crippen LogP contribution < -0.4 is 10.1 Å². The minimum atomic E-state index is -0.248. The molecule has 0 aliphatic heterocycles. The highest BCUT2D eigenvalue weighted by Gasteiger charge is 2.21. The molecule has 0 fully saturated rings. The average Bonchev–Trinajstić information content (AvgIpc) is 3.21. The van der Waals surface area contributed by atoms with Crippen molar-refractivity contribution in [2.75, 3.05) is 27.2 Å². The summed E-state index contributed by atoms with van der Waals surface area (Å²) in [6, 6.07) is 10.5. The van der Waals surface area contributed by atoms with Crippen LogP contribution in [0.25, 0.3) is 22.3 Å². The van der Waals surface area contributed by atoms with Gasteiger partial charge in [0.2, 0.25) is 0 Å². The molecule has 0 aliphatic carbocycles. The molecule has 0 radical (unpaired) electrons. The van der Waals surface area contributed by atoms with E-state index in [1.165, 1.54) is 0 Å². The highest BCUT2D eigenvalue weighted by Crippen LogP contribution is 2.30. The number of nitrogens with one attached hydrogen (secondary N) is 1. The Kier molecular flexibility index (Phi) is 8.08. The number of amides is 1. The molecule has 0 unspecified atom stereocenters. The molecule has 188 valence electrons. The van der Waals surface area contributed by atoms with Crippen molar-refractivity contribution in [3.63, 3.8) is 0 Å². The van der Waals surface area contributed by atoms with Gasteiger partial charge in [-0.2, -0.15) is 5.10 Å². The molecule has 2 aromatic heterocycles. The van der Waals surface area contributed by atoms with Gasteiger partial charge in [0.1, 0.15) is 18.1 Å². The van der Waals surface area contributed by atoms with Crippen molar-refractivity contribution in [1.29, 1.82) is 0 Å². The molecule has 0 spiro atoms. The number of likely N-dealkylation sites (N-methyl/N-ethyl adjacent to an activating group) is 1. The number of rotatable bonds is 9. The largest absolute Gasteiger partial charge is 0.492 e. The summed E-state index contributed by atoms with van der Waals surface area (Å²) >= 11 is 12.6. The number of carbonyl (C=O) groups excluding carboxylic acids is 1. The van der Waals surface area contributed by atoms with Crippen molar-refractivity contribution in [2.24, 2.45) is 0 Å². The van der Waals surface area contributed by atoms with E-state index in [1.807, 2.05) is 31.6 Å². The molecule has 0 bridgehead atoms. The molecule has 0 saturated heterocycles. The number of benzene rings is 2. The summed E-state index contributed by atoms with van der Waals surface area (Å²) in [6.07, 6.45) is 1.80. The zero-order valence-corrected chi connectivity index (χ0v) is 22.2. The van der Waals surface area contributed by atoms with E-state index in [0.29, 0.717) is 57.8 Å². The molecular weight excluding hydrogens is 499 g/mol. The lowest BCUT2D eigenvalue weighted by molar-refractivity contribution is 0.0781. The van der Waals surface area contributed by atoms with E-state index < -0.39 is 0 Å². The normalized spacial score (nSPS) is 11.2. The lowest BCUT2D eigenvalue weighted by Gasteiger charge is -2.18. The Morgan fingerprint density at radius 1 is 1.14 bits per heavy atom. The number of hydrogen-bond acceptors (Lipinski definition) is 6. The molecule has 0 saturated carbocycles. The first-order valence-corrected chi connectivity index (χ1v) is 12.4. The zero-order chi connectivity index (χ0) is 25.8. The quantitative estimate of drug-likeness (QED) is 0.309. The first-order chi connectivity index (χ1) is 17.3. The monoisotopic (exact) mass is 526 g/mol. The summed E-state index contributed by atoms with van der Waals surface area (Å²) in [5.74, 6) is 0.723. The van der Waals surface area contributed by atoms with Gasteiger partial charge in [0.25, 0.3) is 5.91 Å². The lowest BCUT2D eigenvalue weighted by atomic mass is 10.1. The fraction of sp³-hybridized carbons (Fsp3) is 0.308. The molecule has 2 aromatic carbocycles. The van der Waals surface area contributed by atoms with Crippen LogP contribution in [0.3, 0.4) is 0 Å². The maximum Gasteiger partial charge on any atom is 0.273 e. The second-order valence-electron chi connectivity index (χ2n) is 8.42. The number of aryl methyl sites for hydroxylation is 1. The van der Waals surface area contributed by atoms with E-state index in [0.717, 1.165) is 17.8 Å². The molecule has 1 N–H and O–H groups in total. The average molecular weight is 527 g/mol. The Morgan fingerprint density at radius 2 is 1.94 bits per heavy atom. The maximum atomic E-state index is 13.7. The predicted octanol–water partition coefficient (Wildman–Crippen LogP) is 5.00. The Morgan fingerprint density at radius 3 is 2.67 bits per heavy atom. The Balaban J connectivity index is 1.74. The molecule has 2 heterocycles. The Bertz CT molecular complexity index is 1400. The van der Waals surface area contributed by atoms with Crippen LogP contribution in [0.4, 0.5) is 0 Å². The van der Waals surface area contributed by atoms with Crippen molar-refractivity contribution >= 4 is 40.0 Å². The molecule has 8 nitrogen and oxygen atoms in total. The molecule has 10 heteroatoms. The summed E-state index contributed by atoms with van der Waals surface area (Å²) in [6.45, 7) is 6.36. The van der Waals surface area contributed by atoms with Gasteiger partial charge in [0.05, 0.1) is 11.7 Å². The number of nitrogens with zero attached hydrogens (tertiary/aromatic N) is 5. The van der Waals surface area contributed by atoms with E-state index >= 15 is 0 Å². The highest BCUT2D eigenvalue weighted by atomic mass is 35.5. The lowest BCUT2D eigenvalue weighted by Crippen LogP contribution is -2.27. The molecule has 0 atom stereocenters. The zero-order valence-electron chi connectivity index (χ0n) is 20.7. The van der Waals surface area contributed by atoms with E-state index in [9.17, 15) is 4.79 Å². The van der Waals surface area contributed by atoms with Crippen molar-refractivity contribution < 1.29 is 9.53 Å². The number of aromatic nitrogens is 4. The number of carbonyl (C=O) groups is 1. The van der Waals surface area contributed by atoms with Gasteiger partial charge in [0.15, 0.2) is 5.82 Å². The van der Waals surface area contributed by atoms with Crippen LogP contribution in [0.15, 0.2) is 42.6 Å². The van der Waals surface area contributed by atoms with Gasteiger partial charge in [-0.15, -0.1) is 0 Å². The van der Waals surface area contributed by atoms with Crippen LogP contribution in [0, 0.1) is 6.92 Å². The van der Waals surface area contributed by atoms with Crippen molar-refractivity contribution in [3.8, 4) is 17.1 Å². The molecular formula is C26H28Cl2N6O2. The third-order valence-electron chi connectivity index (χ3n) is 5.87. The summed E-state index contributed by atoms with van der Waals surface area (Å²) in [5, 5.41) is 8.99. The number of halogens is 2. The molecule has 4 rings (SSSR count). The van der Waals surface area contributed by atoms with Crippen LogP contribution >= 0.6 is 23.2 Å². The summed E-state index contributed by atoms with van der Waals surface area (Å²) in [5.41, 5.74) is 3.52. The smallest absolute Gasteiger partial charge is 0.273 e. The standard InChI is InChI=1S/C26H28Cl2N6O2/c1-5-34-16(2)18(14-30-34)15-33(4)26(35)24-22-13-19(27)6-7-23(22)31-25(32-24)17-10-20(28)12-21(11-17)36-9-8-29-3/h6-7,10-14,29H,5,8-9,15H2,1-4H3. The Labute approximate surface area is 220 Å². The summed E-state index contributed by atoms with van der Waals surface area (Å²) in [7, 11) is 3.60. The van der Waals surface area contributed by atoms with Gasteiger partial charge in [-0.3, -0.25) is 9.48 Å². The van der Waals surface area contributed by atoms with Gasteiger partial charge < -0.3 is 15.0 Å². The first kappa shape index (κ1) is 25.9. The second-order valence-corrected chi connectivity index (χ2v) is 9.29. The first-order valence-electron chi connectivity index (χ1n) is 11.6. The summed E-state index contributed by atoms with van der Waals surface area (Å²) < 4.78 is 7.70. The SMILES string of the molecule is CCn1ncc(CN(C)C(=O)c2nc(-c3cc(Cl)cc(OCCNC)c3)nc3ccc(Cl)cc23)c1C. The van der Waals surface area contributed by atoms with Crippen molar-refractivity contribution in [2.45, 2.75) is 26.9 Å². The van der Waals surface area contributed by atoms with Crippen molar-refractivity contribution in [3.05, 3.63) is 69.6 Å². The van der Waals surface area contributed by atoms with Crippen LogP contribution in [0.1, 0.15) is 28.7 Å². The van der Waals surface area contributed by atoms with Gasteiger partial charge in [-0.1, -0.05) is 23.2 Å². The van der Waals surface area contributed by atoms with Gasteiger partial charge >= 0.3 is 0 Å². The third kappa shape index (κ3) is 5.61. The topological polar surface area (TPSA) is 85.2 Å². The number of ether oxygens (including phenoxy) is 1. The minimum Gasteiger partial charge on any atom is -0.492 e. The Hall–Kier alpha value is -3.20. The molecule has 0 aliphatic rings. The van der Waals surface area contributed by atoms with Gasteiger partial charge in [-0.25, -0.2) is 9.97 Å². The van der Waals surface area contributed by atoms with Crippen LogP contribution in [-0.2, 0) is 13.1 Å². The fourth-order valence-corrected chi connectivity index (χ4v) is 4.30. The van der Waals surface area contributed by atoms with Crippen LogP contribution in [0.2, 0.25) is 10.0 Å². The minimum absolute atomic E-state index is 0.248. The summed E-state index contributed by atoms with van der Waals surface area (Å²) in [4.78, 5) is 24.7. The van der Waals surface area contributed by atoms with Gasteiger partial charge in [0, 0.05) is 58.9 Å². The predicted molar refractivity (Wildman–Crippen MR) is 143 cm³/mol.